The number of amides is 1. The predicted octanol–water partition coefficient (Wildman–Crippen LogP) is 1.08. The van der Waals surface area contributed by atoms with E-state index in [2.05, 4.69) is 5.32 Å². The quantitative estimate of drug-likeness (QED) is 0.896. The van der Waals surface area contributed by atoms with E-state index >= 15 is 0 Å². The second kappa shape index (κ2) is 6.27. The third-order valence-electron chi connectivity index (χ3n) is 2.98. The zero-order valence-electron chi connectivity index (χ0n) is 11.2. The van der Waals surface area contributed by atoms with E-state index in [-0.39, 0.29) is 30.4 Å². The average molecular weight is 337 g/mol. The number of anilines is 1. The average Bonchev–Trinajstić information content (AvgIpc) is 2.42. The summed E-state index contributed by atoms with van der Waals surface area (Å²) >= 11 is 5.55. The first-order chi connectivity index (χ1) is 9.77. The van der Waals surface area contributed by atoms with Gasteiger partial charge in [0.2, 0.25) is 10.0 Å². The summed E-state index contributed by atoms with van der Waals surface area (Å²) in [5.74, 6) is -1.19. The van der Waals surface area contributed by atoms with Gasteiger partial charge in [0, 0.05) is 18.8 Å². The molecular formula is C12H14ClFN2O4S. The van der Waals surface area contributed by atoms with E-state index in [9.17, 15) is 17.6 Å². The van der Waals surface area contributed by atoms with Gasteiger partial charge in [-0.2, -0.15) is 4.31 Å². The van der Waals surface area contributed by atoms with Crippen LogP contribution in [0.25, 0.3) is 0 Å². The van der Waals surface area contributed by atoms with Crippen LogP contribution in [0.3, 0.4) is 0 Å². The summed E-state index contributed by atoms with van der Waals surface area (Å²) in [7, 11) is -3.38. The minimum atomic E-state index is -3.38. The molecule has 1 heterocycles. The lowest BCUT2D eigenvalue weighted by Gasteiger charge is -2.30. The van der Waals surface area contributed by atoms with Gasteiger partial charge in [-0.25, -0.2) is 12.8 Å². The van der Waals surface area contributed by atoms with Gasteiger partial charge in [0.25, 0.3) is 5.91 Å². The summed E-state index contributed by atoms with van der Waals surface area (Å²) in [4.78, 5) is 12.0. The Kier molecular flexibility index (Phi) is 4.82. The van der Waals surface area contributed by atoms with Crippen LogP contribution in [-0.4, -0.2) is 50.7 Å². The largest absolute Gasteiger partial charge is 0.366 e. The molecule has 0 aromatic heterocycles. The molecule has 1 amide bonds. The number of hydrogen-bond donors (Lipinski definition) is 1. The zero-order valence-corrected chi connectivity index (χ0v) is 12.7. The number of benzene rings is 1. The van der Waals surface area contributed by atoms with Crippen molar-refractivity contribution in [1.29, 1.82) is 0 Å². The first kappa shape index (κ1) is 16.2. The van der Waals surface area contributed by atoms with E-state index < -0.39 is 27.9 Å². The summed E-state index contributed by atoms with van der Waals surface area (Å²) in [5.41, 5.74) is 0.224. The summed E-state index contributed by atoms with van der Waals surface area (Å²) in [5, 5.41) is 2.42. The number of morpholine rings is 1. The molecule has 1 aliphatic rings. The topological polar surface area (TPSA) is 75.7 Å². The predicted molar refractivity (Wildman–Crippen MR) is 76.2 cm³/mol. The lowest BCUT2D eigenvalue weighted by Crippen LogP contribution is -2.49. The van der Waals surface area contributed by atoms with Crippen LogP contribution in [0.4, 0.5) is 10.1 Å². The number of carbonyl (C=O) groups excluding carboxylic acids is 1. The fraction of sp³-hybridized carbons (Fsp3) is 0.417. The first-order valence-corrected chi connectivity index (χ1v) is 8.32. The summed E-state index contributed by atoms with van der Waals surface area (Å²) in [6.07, 6.45) is 0.134. The highest BCUT2D eigenvalue weighted by atomic mass is 35.5. The molecular weight excluding hydrogens is 323 g/mol. The van der Waals surface area contributed by atoms with Crippen LogP contribution in [0, 0.1) is 5.82 Å². The molecule has 21 heavy (non-hydrogen) atoms. The smallest absolute Gasteiger partial charge is 0.254 e. The van der Waals surface area contributed by atoms with Gasteiger partial charge < -0.3 is 10.1 Å². The molecule has 1 fully saturated rings. The highest BCUT2D eigenvalue weighted by Gasteiger charge is 2.31. The van der Waals surface area contributed by atoms with Crippen molar-refractivity contribution in [3.05, 3.63) is 29.0 Å². The maximum atomic E-state index is 13.3. The Hall–Kier alpha value is -1.22. The van der Waals surface area contributed by atoms with E-state index in [1.165, 1.54) is 16.4 Å². The fourth-order valence-electron chi connectivity index (χ4n) is 1.88. The molecule has 1 aromatic rings. The van der Waals surface area contributed by atoms with Gasteiger partial charge in [-0.15, -0.1) is 0 Å². The molecule has 0 spiro atoms. The van der Waals surface area contributed by atoms with Crippen molar-refractivity contribution in [2.45, 2.75) is 6.10 Å². The number of nitrogens with one attached hydrogen (secondary N) is 1. The number of halogens is 2. The number of hydrogen-bond acceptors (Lipinski definition) is 4. The second-order valence-electron chi connectivity index (χ2n) is 4.60. The van der Waals surface area contributed by atoms with Gasteiger partial charge in [-0.05, 0) is 18.2 Å². The van der Waals surface area contributed by atoms with Crippen molar-refractivity contribution in [2.75, 3.05) is 31.3 Å². The van der Waals surface area contributed by atoms with Crippen LogP contribution >= 0.6 is 11.6 Å². The van der Waals surface area contributed by atoms with Crippen molar-refractivity contribution >= 4 is 33.2 Å². The van der Waals surface area contributed by atoms with Gasteiger partial charge in [0.1, 0.15) is 11.9 Å². The number of sulfonamides is 1. The lowest BCUT2D eigenvalue weighted by molar-refractivity contribution is -0.130. The maximum absolute atomic E-state index is 13.3. The highest BCUT2D eigenvalue weighted by molar-refractivity contribution is 7.88. The van der Waals surface area contributed by atoms with Gasteiger partial charge in [0.05, 0.1) is 17.9 Å². The van der Waals surface area contributed by atoms with Crippen LogP contribution in [0.15, 0.2) is 18.2 Å². The summed E-state index contributed by atoms with van der Waals surface area (Å²) in [6, 6.07) is 3.84. The standard InChI is InChI=1S/C12H14ClFN2O4S/c1-21(18,19)16-4-5-20-11(7-16)12(17)15-8-2-3-9(13)10(14)6-8/h2-3,6,11H,4-5,7H2,1H3,(H,15,17). The van der Waals surface area contributed by atoms with E-state index in [0.29, 0.717) is 0 Å². The monoisotopic (exact) mass is 336 g/mol. The molecule has 2 rings (SSSR count). The van der Waals surface area contributed by atoms with Gasteiger partial charge in [0.15, 0.2) is 0 Å². The zero-order chi connectivity index (χ0) is 15.6. The van der Waals surface area contributed by atoms with Crippen molar-refractivity contribution in [2.24, 2.45) is 0 Å². The minimum absolute atomic E-state index is 0.0508. The normalized spacial score (nSPS) is 20.2. The number of nitrogens with zero attached hydrogens (tertiary/aromatic N) is 1. The van der Waals surface area contributed by atoms with Crippen LogP contribution in [0.1, 0.15) is 0 Å². The number of carbonyl (C=O) groups is 1. The summed E-state index contributed by atoms with van der Waals surface area (Å²) in [6.45, 7) is 0.263. The Bertz CT molecular complexity index is 653. The van der Waals surface area contributed by atoms with Crippen LogP contribution in [0.2, 0.25) is 5.02 Å². The Morgan fingerprint density at radius 2 is 2.24 bits per heavy atom. The second-order valence-corrected chi connectivity index (χ2v) is 6.99. The molecule has 0 aliphatic carbocycles. The van der Waals surface area contributed by atoms with Gasteiger partial charge >= 0.3 is 0 Å². The third kappa shape index (κ3) is 4.13. The first-order valence-electron chi connectivity index (χ1n) is 6.10. The molecule has 1 saturated heterocycles. The van der Waals surface area contributed by atoms with Crippen molar-refractivity contribution in [3.63, 3.8) is 0 Å². The van der Waals surface area contributed by atoms with E-state index in [0.717, 1.165) is 12.3 Å². The van der Waals surface area contributed by atoms with E-state index in [1.807, 2.05) is 0 Å². The molecule has 1 unspecified atom stereocenters. The van der Waals surface area contributed by atoms with Crippen LogP contribution < -0.4 is 5.32 Å². The molecule has 1 aromatic carbocycles. The summed E-state index contributed by atoms with van der Waals surface area (Å²) < 4.78 is 42.6. The molecule has 1 N–H and O–H groups in total. The lowest BCUT2D eigenvalue weighted by atomic mass is 10.2. The van der Waals surface area contributed by atoms with Crippen molar-refractivity contribution < 1.29 is 22.3 Å². The maximum Gasteiger partial charge on any atom is 0.254 e. The Morgan fingerprint density at radius 3 is 2.86 bits per heavy atom. The molecule has 0 bridgehead atoms. The Labute approximate surface area is 126 Å². The highest BCUT2D eigenvalue weighted by Crippen LogP contribution is 2.19. The fourth-order valence-corrected chi connectivity index (χ4v) is 2.81. The SMILES string of the molecule is CS(=O)(=O)N1CCOC(C(=O)Nc2ccc(Cl)c(F)c2)C1. The molecule has 0 radical (unpaired) electrons. The molecule has 0 saturated carbocycles. The van der Waals surface area contributed by atoms with E-state index in [4.69, 9.17) is 16.3 Å². The molecule has 6 nitrogen and oxygen atoms in total. The van der Waals surface area contributed by atoms with Gasteiger partial charge in [-0.3, -0.25) is 4.79 Å². The van der Waals surface area contributed by atoms with Gasteiger partial charge in [-0.1, -0.05) is 11.6 Å². The minimum Gasteiger partial charge on any atom is -0.366 e. The van der Waals surface area contributed by atoms with Crippen LogP contribution in [0.5, 0.6) is 0 Å². The molecule has 1 aliphatic heterocycles. The van der Waals surface area contributed by atoms with Crippen molar-refractivity contribution in [1.82, 2.24) is 4.31 Å². The Balaban J connectivity index is 2.04. The molecule has 9 heteroatoms. The number of ether oxygens (including phenoxy) is 1. The van der Waals surface area contributed by atoms with E-state index in [1.54, 1.807) is 0 Å². The van der Waals surface area contributed by atoms with Crippen molar-refractivity contribution in [3.8, 4) is 0 Å². The third-order valence-corrected chi connectivity index (χ3v) is 4.55. The Morgan fingerprint density at radius 1 is 1.52 bits per heavy atom. The molecule has 116 valence electrons. The van der Waals surface area contributed by atoms with Crippen LogP contribution in [-0.2, 0) is 19.6 Å². The molecule has 1 atom stereocenters. The number of rotatable bonds is 3.